The summed E-state index contributed by atoms with van der Waals surface area (Å²) in [5.41, 5.74) is 5.21. The molecule has 9 heteroatoms. The third kappa shape index (κ3) is 4.50. The summed E-state index contributed by atoms with van der Waals surface area (Å²) in [6.07, 6.45) is 10.0. The van der Waals surface area contributed by atoms with Gasteiger partial charge in [0, 0.05) is 56.2 Å². The Morgan fingerprint density at radius 1 is 1.09 bits per heavy atom. The van der Waals surface area contributed by atoms with Crippen LogP contribution in [0, 0.1) is 19.3 Å². The smallest absolute Gasteiger partial charge is 0.187 e. The van der Waals surface area contributed by atoms with Gasteiger partial charge in [-0.2, -0.15) is 5.10 Å². The Morgan fingerprint density at radius 3 is 2.61 bits per heavy atom. The summed E-state index contributed by atoms with van der Waals surface area (Å²) < 4.78 is 0.817. The quantitative estimate of drug-likeness (QED) is 0.495. The minimum atomic E-state index is 0.677. The standard InChI is InChI=1S/C24H29BrN8/c1-3-18-14-19(26-6-9-31-7-4-5-8-31)17(2)20(15-18)32-10-12-33(13-11-32)24-21-22(25)29-30-23(21)27-16-28-24/h1,14-16,26H,4-13H2,2H3,(H,27,28,29,30). The normalized spacial score (nSPS) is 17.0. The monoisotopic (exact) mass is 508 g/mol. The van der Waals surface area contributed by atoms with Crippen molar-refractivity contribution in [1.82, 2.24) is 25.1 Å². The first kappa shape index (κ1) is 22.0. The maximum absolute atomic E-state index is 5.81. The van der Waals surface area contributed by atoms with E-state index in [9.17, 15) is 0 Å². The Kier molecular flexibility index (Phi) is 6.38. The van der Waals surface area contributed by atoms with Crippen LogP contribution in [0.4, 0.5) is 17.2 Å². The number of aromatic nitrogens is 4. The number of piperazine rings is 1. The van der Waals surface area contributed by atoms with Crippen LogP contribution >= 0.6 is 15.9 Å². The van der Waals surface area contributed by atoms with E-state index in [1.807, 2.05) is 0 Å². The molecule has 4 heterocycles. The molecule has 8 nitrogen and oxygen atoms in total. The Labute approximate surface area is 202 Å². The van der Waals surface area contributed by atoms with Crippen LogP contribution in [-0.2, 0) is 0 Å². The Hall–Kier alpha value is -2.83. The fraction of sp³-hybridized carbons (Fsp3) is 0.458. The minimum absolute atomic E-state index is 0.677. The van der Waals surface area contributed by atoms with Gasteiger partial charge in [-0.15, -0.1) is 6.42 Å². The van der Waals surface area contributed by atoms with Crippen molar-refractivity contribution in [1.29, 1.82) is 0 Å². The molecule has 2 aliphatic rings. The Morgan fingerprint density at radius 2 is 1.85 bits per heavy atom. The molecule has 33 heavy (non-hydrogen) atoms. The number of benzene rings is 1. The number of hydrogen-bond acceptors (Lipinski definition) is 7. The third-order valence-electron chi connectivity index (χ3n) is 6.70. The van der Waals surface area contributed by atoms with E-state index in [2.05, 4.69) is 81.1 Å². The maximum atomic E-state index is 5.81. The predicted molar refractivity (Wildman–Crippen MR) is 137 cm³/mol. The number of nitrogens with one attached hydrogen (secondary N) is 2. The zero-order valence-electron chi connectivity index (χ0n) is 18.9. The average Bonchev–Trinajstić information content (AvgIpc) is 3.50. The molecule has 0 atom stereocenters. The van der Waals surface area contributed by atoms with E-state index in [-0.39, 0.29) is 0 Å². The van der Waals surface area contributed by atoms with E-state index in [4.69, 9.17) is 6.42 Å². The molecular weight excluding hydrogens is 480 g/mol. The van der Waals surface area contributed by atoms with Gasteiger partial charge in [0.2, 0.25) is 0 Å². The zero-order valence-corrected chi connectivity index (χ0v) is 20.5. The second-order valence-electron chi connectivity index (χ2n) is 8.70. The van der Waals surface area contributed by atoms with Gasteiger partial charge in [-0.1, -0.05) is 5.92 Å². The number of halogens is 1. The average molecular weight is 509 g/mol. The van der Waals surface area contributed by atoms with Crippen molar-refractivity contribution in [2.75, 3.05) is 67.5 Å². The van der Waals surface area contributed by atoms with Crippen molar-refractivity contribution < 1.29 is 0 Å². The van der Waals surface area contributed by atoms with Gasteiger partial charge in [0.05, 0.1) is 5.39 Å². The number of rotatable bonds is 6. The largest absolute Gasteiger partial charge is 0.383 e. The zero-order chi connectivity index (χ0) is 22.8. The molecule has 172 valence electrons. The van der Waals surface area contributed by atoms with Crippen molar-refractivity contribution in [3.8, 4) is 12.3 Å². The summed E-state index contributed by atoms with van der Waals surface area (Å²) in [5, 5.41) is 11.8. The molecule has 0 radical (unpaired) electrons. The van der Waals surface area contributed by atoms with Gasteiger partial charge in [-0.05, 0) is 66.5 Å². The first-order valence-electron chi connectivity index (χ1n) is 11.6. The molecule has 2 N–H and O–H groups in total. The highest BCUT2D eigenvalue weighted by molar-refractivity contribution is 9.10. The Balaban J connectivity index is 1.30. The topological polar surface area (TPSA) is 76.2 Å². The van der Waals surface area contributed by atoms with Gasteiger partial charge < -0.3 is 20.0 Å². The first-order chi connectivity index (χ1) is 16.1. The number of nitrogens with zero attached hydrogens (tertiary/aromatic N) is 6. The predicted octanol–water partition coefficient (Wildman–Crippen LogP) is 3.24. The summed E-state index contributed by atoms with van der Waals surface area (Å²) in [6.45, 7) is 10.1. The molecule has 3 aromatic rings. The van der Waals surface area contributed by atoms with Gasteiger partial charge in [0.15, 0.2) is 5.65 Å². The third-order valence-corrected chi connectivity index (χ3v) is 7.27. The number of terminal acetylenes is 1. The summed E-state index contributed by atoms with van der Waals surface area (Å²) in [5.74, 6) is 3.76. The molecule has 5 rings (SSSR count). The van der Waals surface area contributed by atoms with E-state index in [1.54, 1.807) is 6.33 Å². The second-order valence-corrected chi connectivity index (χ2v) is 9.49. The molecule has 2 saturated heterocycles. The second kappa shape index (κ2) is 9.57. The SMILES string of the molecule is C#Cc1cc(NCCN2CCCC2)c(C)c(N2CCN(c3ncnc4n[nH]c(Br)c34)CC2)c1. The van der Waals surface area contributed by atoms with Crippen molar-refractivity contribution in [3.63, 3.8) is 0 Å². The highest BCUT2D eigenvalue weighted by atomic mass is 79.9. The number of H-pyrrole nitrogens is 1. The van der Waals surface area contributed by atoms with Crippen molar-refractivity contribution in [3.05, 3.63) is 34.2 Å². The summed E-state index contributed by atoms with van der Waals surface area (Å²) in [7, 11) is 0. The lowest BCUT2D eigenvalue weighted by Gasteiger charge is -2.38. The lowest BCUT2D eigenvalue weighted by atomic mass is 10.1. The van der Waals surface area contributed by atoms with Crippen LogP contribution in [-0.4, -0.2) is 77.4 Å². The molecule has 0 saturated carbocycles. The van der Waals surface area contributed by atoms with Gasteiger partial charge in [0.25, 0.3) is 0 Å². The summed E-state index contributed by atoms with van der Waals surface area (Å²) in [4.78, 5) is 16.1. The van der Waals surface area contributed by atoms with Gasteiger partial charge in [-0.25, -0.2) is 9.97 Å². The van der Waals surface area contributed by atoms with Crippen LogP contribution < -0.4 is 15.1 Å². The first-order valence-corrected chi connectivity index (χ1v) is 12.4. The van der Waals surface area contributed by atoms with E-state index < -0.39 is 0 Å². The molecule has 2 aliphatic heterocycles. The lowest BCUT2D eigenvalue weighted by molar-refractivity contribution is 0.352. The van der Waals surface area contributed by atoms with Gasteiger partial charge >= 0.3 is 0 Å². The van der Waals surface area contributed by atoms with Crippen LogP contribution in [0.5, 0.6) is 0 Å². The van der Waals surface area contributed by atoms with Crippen LogP contribution in [0.1, 0.15) is 24.0 Å². The molecule has 2 aromatic heterocycles. The van der Waals surface area contributed by atoms with Crippen LogP contribution in [0.2, 0.25) is 0 Å². The fourth-order valence-electron chi connectivity index (χ4n) is 4.85. The van der Waals surface area contributed by atoms with Gasteiger partial charge in [0.1, 0.15) is 16.7 Å². The van der Waals surface area contributed by atoms with Crippen LogP contribution in [0.3, 0.4) is 0 Å². The maximum Gasteiger partial charge on any atom is 0.187 e. The number of hydrogen-bond donors (Lipinski definition) is 2. The molecule has 0 unspecified atom stereocenters. The molecule has 2 fully saturated rings. The van der Waals surface area contributed by atoms with E-state index >= 15 is 0 Å². The molecule has 0 amide bonds. The highest BCUT2D eigenvalue weighted by Gasteiger charge is 2.24. The summed E-state index contributed by atoms with van der Waals surface area (Å²) in [6, 6.07) is 4.25. The minimum Gasteiger partial charge on any atom is -0.383 e. The van der Waals surface area contributed by atoms with Crippen molar-refractivity contribution >= 4 is 44.2 Å². The molecule has 0 aliphatic carbocycles. The van der Waals surface area contributed by atoms with Gasteiger partial charge in [-0.3, -0.25) is 5.10 Å². The van der Waals surface area contributed by atoms with E-state index in [1.165, 1.54) is 37.2 Å². The summed E-state index contributed by atoms with van der Waals surface area (Å²) >= 11 is 3.54. The molecule has 0 spiro atoms. The van der Waals surface area contributed by atoms with Crippen molar-refractivity contribution in [2.45, 2.75) is 19.8 Å². The molecule has 1 aromatic carbocycles. The number of anilines is 3. The number of fused-ring (bicyclic) bond motifs is 1. The van der Waals surface area contributed by atoms with E-state index in [0.29, 0.717) is 5.65 Å². The Bertz CT molecular complexity index is 1170. The number of aromatic amines is 1. The van der Waals surface area contributed by atoms with Crippen molar-refractivity contribution in [2.24, 2.45) is 0 Å². The van der Waals surface area contributed by atoms with Crippen LogP contribution in [0.25, 0.3) is 11.0 Å². The molecule has 0 bridgehead atoms. The van der Waals surface area contributed by atoms with Crippen LogP contribution in [0.15, 0.2) is 23.1 Å². The number of likely N-dealkylation sites (tertiary alicyclic amines) is 1. The highest BCUT2D eigenvalue weighted by Crippen LogP contribution is 2.32. The fourth-order valence-corrected chi connectivity index (χ4v) is 5.30. The lowest BCUT2D eigenvalue weighted by Crippen LogP contribution is -2.47. The van der Waals surface area contributed by atoms with E-state index in [0.717, 1.165) is 66.3 Å². The molecular formula is C24H29BrN8.